The van der Waals surface area contributed by atoms with Gasteiger partial charge in [-0.2, -0.15) is 0 Å². The van der Waals surface area contributed by atoms with Crippen LogP contribution < -0.4 is 0 Å². The minimum Gasteiger partial charge on any atom is -0.445 e. The van der Waals surface area contributed by atoms with Gasteiger partial charge in [-0.25, -0.2) is 0 Å². The Kier molecular flexibility index (Phi) is 7.41. The second-order valence-corrected chi connectivity index (χ2v) is 8.66. The van der Waals surface area contributed by atoms with E-state index in [1.165, 1.54) is 0 Å². The van der Waals surface area contributed by atoms with E-state index in [1.54, 1.807) is 0 Å². The van der Waals surface area contributed by atoms with Gasteiger partial charge in [-0.15, -0.1) is 0 Å². The molecule has 1 aromatic rings. The van der Waals surface area contributed by atoms with Crippen LogP contribution in [0.2, 0.25) is 0 Å². The van der Waals surface area contributed by atoms with Gasteiger partial charge in [-0.1, -0.05) is 85.9 Å². The Labute approximate surface area is 164 Å². The first-order valence-electron chi connectivity index (χ1n) is 8.37. The lowest BCUT2D eigenvalue weighted by Gasteiger charge is -2.44. The average molecular weight is 409 g/mol. The predicted octanol–water partition coefficient (Wildman–Crippen LogP) is 5.34. The molecule has 7 heteroatoms. The zero-order valence-electron chi connectivity index (χ0n) is 14.5. The molecule has 0 amide bonds. The van der Waals surface area contributed by atoms with E-state index in [2.05, 4.69) is 20.8 Å². The number of alkyl halides is 3. The third-order valence-corrected chi connectivity index (χ3v) is 5.21. The summed E-state index contributed by atoms with van der Waals surface area (Å²) in [5, 5.41) is 7.85. The molecule has 5 unspecified atom stereocenters. The van der Waals surface area contributed by atoms with Crippen LogP contribution >= 0.6 is 34.8 Å². The Morgan fingerprint density at radius 1 is 1.16 bits per heavy atom. The number of nitrogens with one attached hydrogen (secondary N) is 1. The van der Waals surface area contributed by atoms with Crippen molar-refractivity contribution in [2.24, 2.45) is 11.8 Å². The van der Waals surface area contributed by atoms with Crippen molar-refractivity contribution in [3.05, 3.63) is 35.9 Å². The molecule has 140 valence electrons. The Balaban J connectivity index is 2.13. The lowest BCUT2D eigenvalue weighted by molar-refractivity contribution is -0.259. The molecular weight excluding hydrogens is 385 g/mol. The van der Waals surface area contributed by atoms with E-state index in [9.17, 15) is 0 Å². The zero-order valence-corrected chi connectivity index (χ0v) is 16.8. The van der Waals surface area contributed by atoms with Crippen LogP contribution in [0, 0.1) is 17.2 Å². The van der Waals surface area contributed by atoms with Crippen molar-refractivity contribution in [3.63, 3.8) is 0 Å². The van der Waals surface area contributed by atoms with Gasteiger partial charge in [0, 0.05) is 0 Å². The van der Waals surface area contributed by atoms with Crippen molar-refractivity contribution in [1.82, 2.24) is 0 Å². The highest BCUT2D eigenvalue weighted by atomic mass is 35.6. The number of hydrogen-bond donors (Lipinski definition) is 1. The van der Waals surface area contributed by atoms with Gasteiger partial charge in [-0.3, -0.25) is 5.41 Å². The normalized spacial score (nSPS) is 30.1. The monoisotopic (exact) mass is 407 g/mol. The molecule has 2 rings (SSSR count). The molecular formula is C18H24Cl3NO3. The van der Waals surface area contributed by atoms with E-state index >= 15 is 0 Å². The van der Waals surface area contributed by atoms with Crippen LogP contribution in [0.5, 0.6) is 0 Å². The second-order valence-electron chi connectivity index (χ2n) is 6.38. The fourth-order valence-corrected chi connectivity index (χ4v) is 3.14. The van der Waals surface area contributed by atoms with Gasteiger partial charge >= 0.3 is 0 Å². The molecule has 1 heterocycles. The third-order valence-electron chi connectivity index (χ3n) is 4.69. The fourth-order valence-electron chi connectivity index (χ4n) is 3.00. The van der Waals surface area contributed by atoms with Crippen LogP contribution in [0.15, 0.2) is 30.3 Å². The van der Waals surface area contributed by atoms with Crippen LogP contribution in [-0.4, -0.2) is 28.2 Å². The predicted molar refractivity (Wildman–Crippen MR) is 101 cm³/mol. The average Bonchev–Trinajstić information content (AvgIpc) is 2.57. The highest BCUT2D eigenvalue weighted by molar-refractivity contribution is 6.76. The smallest absolute Gasteiger partial charge is 0.265 e. The summed E-state index contributed by atoms with van der Waals surface area (Å²) in [5.41, 5.74) is 1.05. The van der Waals surface area contributed by atoms with Crippen LogP contribution in [0.1, 0.15) is 32.8 Å². The molecule has 25 heavy (non-hydrogen) atoms. The van der Waals surface area contributed by atoms with Crippen LogP contribution in [0.25, 0.3) is 0 Å². The maximum absolute atomic E-state index is 7.85. The first-order chi connectivity index (χ1) is 11.7. The van der Waals surface area contributed by atoms with Crippen molar-refractivity contribution in [2.75, 3.05) is 0 Å². The van der Waals surface area contributed by atoms with Crippen molar-refractivity contribution in [2.45, 2.75) is 56.1 Å². The first-order valence-corrected chi connectivity index (χ1v) is 9.50. The second kappa shape index (κ2) is 8.92. The largest absolute Gasteiger partial charge is 0.445 e. The van der Waals surface area contributed by atoms with Crippen molar-refractivity contribution >= 4 is 40.7 Å². The molecule has 1 N–H and O–H groups in total. The molecule has 0 aromatic heterocycles. The Bertz CT molecular complexity index is 564. The van der Waals surface area contributed by atoms with Gasteiger partial charge in [0.05, 0.1) is 12.7 Å². The number of benzene rings is 1. The summed E-state index contributed by atoms with van der Waals surface area (Å²) in [5.74, 6) is -0.0180. The molecule has 0 spiro atoms. The van der Waals surface area contributed by atoms with Gasteiger partial charge in [-0.05, 0) is 23.8 Å². The third kappa shape index (κ3) is 5.48. The molecule has 0 bridgehead atoms. The quantitative estimate of drug-likeness (QED) is 0.406. The number of rotatable bonds is 5. The van der Waals surface area contributed by atoms with Gasteiger partial charge < -0.3 is 14.2 Å². The van der Waals surface area contributed by atoms with Crippen LogP contribution in [-0.2, 0) is 20.8 Å². The topological polar surface area (TPSA) is 51.5 Å². The number of halogens is 3. The number of hydrogen-bond acceptors (Lipinski definition) is 4. The van der Waals surface area contributed by atoms with Crippen molar-refractivity contribution in [1.29, 1.82) is 5.41 Å². The van der Waals surface area contributed by atoms with Crippen LogP contribution in [0.3, 0.4) is 0 Å². The SMILES string of the molecule is CCC1OC(OC(=N)C(Cl)(Cl)Cl)C(OCc2ccccc2)C(C)C1C. The van der Waals surface area contributed by atoms with Crippen LogP contribution in [0.4, 0.5) is 0 Å². The summed E-state index contributed by atoms with van der Waals surface area (Å²) in [7, 11) is 0. The summed E-state index contributed by atoms with van der Waals surface area (Å²) < 4.78 is 15.7. The van der Waals surface area contributed by atoms with Crippen molar-refractivity contribution in [3.8, 4) is 0 Å². The molecule has 0 aliphatic carbocycles. The fraction of sp³-hybridized carbons (Fsp3) is 0.611. The van der Waals surface area contributed by atoms with E-state index in [0.29, 0.717) is 6.61 Å². The Morgan fingerprint density at radius 3 is 2.36 bits per heavy atom. The van der Waals surface area contributed by atoms with E-state index in [-0.39, 0.29) is 24.0 Å². The summed E-state index contributed by atoms with van der Waals surface area (Å²) in [6.45, 7) is 6.70. The standard InChI is InChI=1S/C18H24Cl3NO3/c1-4-14-11(2)12(3)15(23-10-13-8-6-5-7-9-13)16(24-14)25-17(22)18(19,20)21/h5-9,11-12,14-16,22H,4,10H2,1-3H3. The van der Waals surface area contributed by atoms with Gasteiger partial charge in [0.15, 0.2) is 0 Å². The lowest BCUT2D eigenvalue weighted by atomic mass is 9.82. The molecule has 1 aromatic carbocycles. The summed E-state index contributed by atoms with van der Waals surface area (Å²) >= 11 is 17.2. The maximum Gasteiger partial charge on any atom is 0.265 e. The molecule has 5 atom stereocenters. The molecule has 1 aliphatic rings. The van der Waals surface area contributed by atoms with Crippen molar-refractivity contribution < 1.29 is 14.2 Å². The molecule has 1 aliphatic heterocycles. The van der Waals surface area contributed by atoms with E-state index < -0.39 is 16.0 Å². The molecule has 4 nitrogen and oxygen atoms in total. The molecule has 1 fully saturated rings. The zero-order chi connectivity index (χ0) is 18.6. The highest BCUT2D eigenvalue weighted by Gasteiger charge is 2.44. The highest BCUT2D eigenvalue weighted by Crippen LogP contribution is 2.37. The molecule has 0 saturated carbocycles. The number of ether oxygens (including phenoxy) is 3. The van der Waals surface area contributed by atoms with Gasteiger partial charge in [0.1, 0.15) is 6.10 Å². The Hall–Kier alpha value is -0.520. The summed E-state index contributed by atoms with van der Waals surface area (Å²) in [6.07, 6.45) is -0.328. The Morgan fingerprint density at radius 2 is 1.80 bits per heavy atom. The summed E-state index contributed by atoms with van der Waals surface area (Å²) in [6, 6.07) is 9.86. The van der Waals surface area contributed by atoms with Gasteiger partial charge in [0.2, 0.25) is 12.2 Å². The van der Waals surface area contributed by atoms with E-state index in [1.807, 2.05) is 30.3 Å². The molecule has 0 radical (unpaired) electrons. The van der Waals surface area contributed by atoms with E-state index in [4.69, 9.17) is 54.4 Å². The molecule has 1 saturated heterocycles. The van der Waals surface area contributed by atoms with E-state index in [0.717, 1.165) is 12.0 Å². The maximum atomic E-state index is 7.85. The first kappa shape index (κ1) is 20.8. The van der Waals surface area contributed by atoms with Gasteiger partial charge in [0.25, 0.3) is 3.79 Å². The minimum atomic E-state index is -1.93. The minimum absolute atomic E-state index is 0.000230. The summed E-state index contributed by atoms with van der Waals surface area (Å²) in [4.78, 5) is 0. The lowest BCUT2D eigenvalue weighted by Crippen LogP contribution is -2.52.